The molecule has 0 amide bonds. The van der Waals surface area contributed by atoms with Gasteiger partial charge in [-0.1, -0.05) is 30.3 Å². The minimum absolute atomic E-state index is 0.0328. The molecule has 2 aromatic rings. The Kier molecular flexibility index (Phi) is 6.60. The van der Waals surface area contributed by atoms with Gasteiger partial charge in [0.2, 0.25) is 0 Å². The summed E-state index contributed by atoms with van der Waals surface area (Å²) in [5.41, 5.74) is 3.62. The molecule has 1 aromatic heterocycles. The van der Waals surface area contributed by atoms with Gasteiger partial charge in [-0.05, 0) is 44.6 Å². The summed E-state index contributed by atoms with van der Waals surface area (Å²) in [5.74, 6) is 1.88. The van der Waals surface area contributed by atoms with Crippen molar-refractivity contribution < 1.29 is 8.42 Å². The number of benzene rings is 1. The van der Waals surface area contributed by atoms with E-state index in [0.717, 1.165) is 62.5 Å². The summed E-state index contributed by atoms with van der Waals surface area (Å²) in [6.45, 7) is 5.01. The number of hydrogen-bond acceptors (Lipinski definition) is 5. The Labute approximate surface area is 186 Å². The van der Waals surface area contributed by atoms with Crippen LogP contribution in [0, 0.1) is 6.92 Å². The van der Waals surface area contributed by atoms with Gasteiger partial charge in [0.1, 0.15) is 11.6 Å². The molecule has 2 aliphatic rings. The Morgan fingerprint density at radius 3 is 2.61 bits per heavy atom. The van der Waals surface area contributed by atoms with E-state index >= 15 is 0 Å². The van der Waals surface area contributed by atoms with Gasteiger partial charge in [0.25, 0.3) is 10.2 Å². The smallest absolute Gasteiger partial charge is 0.281 e. The first-order valence-corrected chi connectivity index (χ1v) is 12.6. The van der Waals surface area contributed by atoms with E-state index < -0.39 is 10.2 Å². The predicted octanol–water partition coefficient (Wildman–Crippen LogP) is 2.77. The summed E-state index contributed by atoms with van der Waals surface area (Å²) < 4.78 is 28.1. The van der Waals surface area contributed by atoms with Crippen molar-refractivity contribution in [3.05, 3.63) is 53.0 Å². The Morgan fingerprint density at radius 2 is 1.87 bits per heavy atom. The van der Waals surface area contributed by atoms with E-state index in [9.17, 15) is 8.42 Å². The lowest BCUT2D eigenvalue weighted by Crippen LogP contribution is -2.45. The SMILES string of the molecule is Cc1nc([C@H]2CCCN(S(=O)(=O)N(C)C)C2)nc2c1CCCN2CCc1ccccc1. The molecular weight excluding hydrogens is 410 g/mol. The minimum atomic E-state index is -3.42. The Morgan fingerprint density at radius 1 is 1.10 bits per heavy atom. The van der Waals surface area contributed by atoms with E-state index in [4.69, 9.17) is 9.97 Å². The van der Waals surface area contributed by atoms with Crippen LogP contribution in [0.15, 0.2) is 30.3 Å². The Hall–Kier alpha value is -2.03. The second-order valence-corrected chi connectivity index (χ2v) is 10.9. The maximum absolute atomic E-state index is 12.6. The third kappa shape index (κ3) is 4.76. The first-order chi connectivity index (χ1) is 14.9. The van der Waals surface area contributed by atoms with Crippen molar-refractivity contribution in [2.24, 2.45) is 0 Å². The summed E-state index contributed by atoms with van der Waals surface area (Å²) in [4.78, 5) is 12.3. The number of piperidine rings is 1. The van der Waals surface area contributed by atoms with E-state index in [1.54, 1.807) is 18.4 Å². The molecule has 0 aliphatic carbocycles. The van der Waals surface area contributed by atoms with Crippen LogP contribution in [-0.4, -0.2) is 67.3 Å². The van der Waals surface area contributed by atoms with Crippen molar-refractivity contribution in [1.82, 2.24) is 18.6 Å². The van der Waals surface area contributed by atoms with Crippen LogP contribution in [0.3, 0.4) is 0 Å². The van der Waals surface area contributed by atoms with Crippen LogP contribution in [0.5, 0.6) is 0 Å². The molecule has 4 rings (SSSR count). The van der Waals surface area contributed by atoms with E-state index in [-0.39, 0.29) is 5.92 Å². The number of aryl methyl sites for hydroxylation is 1. The number of hydrogen-bond donors (Lipinski definition) is 0. The minimum Gasteiger partial charge on any atom is -0.356 e. The summed E-state index contributed by atoms with van der Waals surface area (Å²) in [5, 5.41) is 0. The monoisotopic (exact) mass is 443 g/mol. The number of fused-ring (bicyclic) bond motifs is 1. The summed E-state index contributed by atoms with van der Waals surface area (Å²) in [6, 6.07) is 10.6. The van der Waals surface area contributed by atoms with Crippen molar-refractivity contribution in [2.45, 2.75) is 44.9 Å². The molecule has 1 fully saturated rings. The van der Waals surface area contributed by atoms with Gasteiger partial charge in [0.15, 0.2) is 0 Å². The summed E-state index contributed by atoms with van der Waals surface area (Å²) in [7, 11) is -0.245. The van der Waals surface area contributed by atoms with E-state index in [0.29, 0.717) is 13.1 Å². The van der Waals surface area contributed by atoms with Crippen LogP contribution in [0.1, 0.15) is 47.8 Å². The molecule has 0 radical (unpaired) electrons. The quantitative estimate of drug-likeness (QED) is 0.687. The molecule has 3 heterocycles. The molecule has 8 heteroatoms. The average molecular weight is 444 g/mol. The lowest BCUT2D eigenvalue weighted by molar-refractivity contribution is 0.293. The molecule has 1 saturated heterocycles. The molecule has 0 N–H and O–H groups in total. The standard InChI is InChI=1S/C23H33N5O2S/c1-18-21-12-8-14-27(16-13-19-9-5-4-6-10-19)23(21)25-22(24-18)20-11-7-15-28(17-20)31(29,30)26(2)3/h4-6,9-10,20H,7-8,11-17H2,1-3H3/t20-/m0/s1. The normalized spacial score (nSPS) is 20.1. The van der Waals surface area contributed by atoms with Gasteiger partial charge in [0, 0.05) is 57.4 Å². The van der Waals surface area contributed by atoms with Crippen LogP contribution >= 0.6 is 0 Å². The Balaban J connectivity index is 1.57. The van der Waals surface area contributed by atoms with E-state index in [1.165, 1.54) is 15.4 Å². The van der Waals surface area contributed by atoms with Crippen LogP contribution in [-0.2, 0) is 23.1 Å². The second kappa shape index (κ2) is 9.22. The van der Waals surface area contributed by atoms with Crippen molar-refractivity contribution in [1.29, 1.82) is 0 Å². The number of anilines is 1. The van der Waals surface area contributed by atoms with Gasteiger partial charge >= 0.3 is 0 Å². The van der Waals surface area contributed by atoms with E-state index in [1.807, 2.05) is 6.07 Å². The predicted molar refractivity (Wildman–Crippen MR) is 124 cm³/mol. The number of rotatable bonds is 6. The topological polar surface area (TPSA) is 69.6 Å². The molecule has 1 aromatic carbocycles. The first-order valence-electron chi connectivity index (χ1n) is 11.2. The first kappa shape index (κ1) is 22.2. The molecule has 0 unspecified atom stereocenters. The highest BCUT2D eigenvalue weighted by atomic mass is 32.2. The highest BCUT2D eigenvalue weighted by Crippen LogP contribution is 2.32. The fraction of sp³-hybridized carbons (Fsp3) is 0.565. The molecule has 0 saturated carbocycles. The zero-order valence-corrected chi connectivity index (χ0v) is 19.6. The molecular formula is C23H33N5O2S. The lowest BCUT2D eigenvalue weighted by Gasteiger charge is -2.35. The third-order valence-electron chi connectivity index (χ3n) is 6.41. The fourth-order valence-electron chi connectivity index (χ4n) is 4.61. The summed E-state index contributed by atoms with van der Waals surface area (Å²) >= 11 is 0. The van der Waals surface area contributed by atoms with Crippen LogP contribution in [0.2, 0.25) is 0 Å². The van der Waals surface area contributed by atoms with Crippen LogP contribution < -0.4 is 4.90 Å². The van der Waals surface area contributed by atoms with Crippen molar-refractivity contribution in [2.75, 3.05) is 45.2 Å². The summed E-state index contributed by atoms with van der Waals surface area (Å²) in [6.07, 6.45) is 4.85. The van der Waals surface area contributed by atoms with Crippen molar-refractivity contribution in [3.63, 3.8) is 0 Å². The van der Waals surface area contributed by atoms with Gasteiger partial charge in [-0.25, -0.2) is 9.97 Å². The third-order valence-corrected chi connectivity index (χ3v) is 8.32. The zero-order chi connectivity index (χ0) is 22.0. The van der Waals surface area contributed by atoms with Gasteiger partial charge in [-0.15, -0.1) is 0 Å². The molecule has 31 heavy (non-hydrogen) atoms. The maximum Gasteiger partial charge on any atom is 0.281 e. The van der Waals surface area contributed by atoms with Gasteiger partial charge in [-0.2, -0.15) is 17.0 Å². The highest BCUT2D eigenvalue weighted by Gasteiger charge is 2.33. The molecule has 2 aliphatic heterocycles. The Bertz CT molecular complexity index is 1010. The van der Waals surface area contributed by atoms with Gasteiger partial charge in [-0.3, -0.25) is 0 Å². The molecule has 0 spiro atoms. The van der Waals surface area contributed by atoms with Crippen LogP contribution in [0.4, 0.5) is 5.82 Å². The fourth-order valence-corrected chi connectivity index (χ4v) is 5.80. The maximum atomic E-state index is 12.6. The number of nitrogens with zero attached hydrogens (tertiary/aromatic N) is 5. The van der Waals surface area contributed by atoms with Gasteiger partial charge in [0.05, 0.1) is 0 Å². The second-order valence-electron chi connectivity index (χ2n) is 8.78. The van der Waals surface area contributed by atoms with Gasteiger partial charge < -0.3 is 4.90 Å². The molecule has 7 nitrogen and oxygen atoms in total. The average Bonchev–Trinajstić information content (AvgIpc) is 2.78. The molecule has 0 bridgehead atoms. The van der Waals surface area contributed by atoms with Crippen molar-refractivity contribution in [3.8, 4) is 0 Å². The molecule has 168 valence electrons. The number of aromatic nitrogens is 2. The van der Waals surface area contributed by atoms with E-state index in [2.05, 4.69) is 36.1 Å². The van der Waals surface area contributed by atoms with Crippen LogP contribution in [0.25, 0.3) is 0 Å². The highest BCUT2D eigenvalue weighted by molar-refractivity contribution is 7.86. The molecule has 1 atom stereocenters. The lowest BCUT2D eigenvalue weighted by atomic mass is 9.97. The zero-order valence-electron chi connectivity index (χ0n) is 18.8. The largest absolute Gasteiger partial charge is 0.356 e. The van der Waals surface area contributed by atoms with Crippen molar-refractivity contribution >= 4 is 16.0 Å².